The molecule has 2 unspecified atom stereocenters. The molecule has 0 aliphatic heterocycles. The van der Waals surface area contributed by atoms with E-state index >= 15 is 0 Å². The lowest BCUT2D eigenvalue weighted by atomic mass is 10.1. The Hall–Kier alpha value is -4.37. The number of phosphoric ester groups is 1. The molecular weight excluding hydrogens is 990 g/mol. The van der Waals surface area contributed by atoms with E-state index in [1.807, 2.05) is 21.1 Å². The molecule has 0 aromatic carbocycles. The van der Waals surface area contributed by atoms with Crippen LogP contribution < -0.4 is 4.89 Å². The lowest BCUT2D eigenvalue weighted by molar-refractivity contribution is -0.870. The Balaban J connectivity index is 4.26. The average Bonchev–Trinajstić information content (AvgIpc) is 3.41. The van der Waals surface area contributed by atoms with Crippen molar-refractivity contribution in [2.75, 3.05) is 47.5 Å². The fourth-order valence-corrected chi connectivity index (χ4v) is 8.19. The van der Waals surface area contributed by atoms with Gasteiger partial charge in [-0.15, -0.1) is 0 Å². The molecule has 0 saturated carbocycles. The van der Waals surface area contributed by atoms with Crippen LogP contribution in [0, 0.1) is 0 Å². The van der Waals surface area contributed by atoms with Crippen LogP contribution in [0.4, 0.5) is 0 Å². The van der Waals surface area contributed by atoms with Gasteiger partial charge >= 0.3 is 11.9 Å². The Morgan fingerprint density at radius 3 is 1.03 bits per heavy atom. The van der Waals surface area contributed by atoms with E-state index in [1.54, 1.807) is 0 Å². The number of nitrogens with zero attached hydrogens (tertiary/aromatic N) is 1. The van der Waals surface area contributed by atoms with Crippen molar-refractivity contribution < 1.29 is 42.1 Å². The zero-order valence-electron chi connectivity index (χ0n) is 49.8. The standard InChI is InChI=1S/C68H110NO8P/c1-6-8-10-12-14-16-18-20-22-24-26-28-29-30-31-32-33-34-35-36-37-38-39-41-43-45-47-49-51-53-55-57-59-61-68(71)77-66(65-76-78(72,73)75-63-62-69(3,4)5)64-74-67(70)60-58-56-54-52-50-48-46-44-42-40-27-25-23-21-19-17-15-13-11-9-7-2/h8-11,14-17,20-23,26-28,30-31,33-34,36-37,39-41,45,47,66H,6-7,12-13,18-19,24-25,29,32,35,38,42-44,46,48-65H2,1-5H3/b10-8-,11-9-,16-14-,17-15-,22-20-,23-21-,28-26-,31-30-,34-33-,37-36-,40-27-,41-39-,47-45-. The van der Waals surface area contributed by atoms with Crippen molar-refractivity contribution in [3.8, 4) is 0 Å². The summed E-state index contributed by atoms with van der Waals surface area (Å²) in [5, 5.41) is 0. The summed E-state index contributed by atoms with van der Waals surface area (Å²) < 4.78 is 34.1. The SMILES string of the molecule is CC/C=C\C/C=C\C/C=C\C/C=C\C/C=C\C/C=C\C/C=C\C/C=C\C/C=C\CCCCCCCC(=O)OC(COC(=O)CCCCCCCCCC/C=C\C/C=C\C/C=C\C/C=C\CC)COP(=O)([O-])OCC[N+](C)(C)C. The molecule has 0 fully saturated rings. The molecule has 0 rings (SSSR count). The maximum Gasteiger partial charge on any atom is 0.306 e. The number of carbonyl (C=O) groups excluding carboxylic acids is 2. The second kappa shape index (κ2) is 57.3. The molecule has 9 nitrogen and oxygen atoms in total. The minimum absolute atomic E-state index is 0.0459. The molecule has 0 aromatic rings. The third-order valence-electron chi connectivity index (χ3n) is 12.0. The third-order valence-corrected chi connectivity index (χ3v) is 13.0. The van der Waals surface area contributed by atoms with Gasteiger partial charge in [-0.1, -0.05) is 230 Å². The average molecular weight is 1100 g/mol. The molecule has 0 aliphatic carbocycles. The summed E-state index contributed by atoms with van der Waals surface area (Å²) in [5.74, 6) is -0.878. The van der Waals surface area contributed by atoms with Crippen LogP contribution in [0.1, 0.15) is 206 Å². The highest BCUT2D eigenvalue weighted by Crippen LogP contribution is 2.38. The van der Waals surface area contributed by atoms with E-state index in [-0.39, 0.29) is 26.1 Å². The molecule has 440 valence electrons. The monoisotopic (exact) mass is 1100 g/mol. The van der Waals surface area contributed by atoms with Gasteiger partial charge < -0.3 is 27.9 Å². The lowest BCUT2D eigenvalue weighted by Crippen LogP contribution is -2.37. The highest BCUT2D eigenvalue weighted by Gasteiger charge is 2.21. The normalized spacial score (nSPS) is 14.4. The second-order valence-electron chi connectivity index (χ2n) is 20.6. The van der Waals surface area contributed by atoms with Crippen molar-refractivity contribution in [2.45, 2.75) is 213 Å². The smallest absolute Gasteiger partial charge is 0.306 e. The number of hydrogen-bond donors (Lipinski definition) is 0. The molecule has 0 heterocycles. The number of esters is 2. The third kappa shape index (κ3) is 60.9. The van der Waals surface area contributed by atoms with E-state index in [0.29, 0.717) is 23.9 Å². The molecule has 0 spiro atoms. The summed E-state index contributed by atoms with van der Waals surface area (Å²) in [6, 6.07) is 0. The van der Waals surface area contributed by atoms with Gasteiger partial charge in [0.2, 0.25) is 0 Å². The van der Waals surface area contributed by atoms with Crippen molar-refractivity contribution in [3.05, 3.63) is 158 Å². The fraction of sp³-hybridized carbons (Fsp3) is 0.588. The predicted molar refractivity (Wildman–Crippen MR) is 332 cm³/mol. The topological polar surface area (TPSA) is 111 Å². The van der Waals surface area contributed by atoms with Gasteiger partial charge in [-0.25, -0.2) is 0 Å². The molecule has 2 atom stereocenters. The maximum absolute atomic E-state index is 12.8. The summed E-state index contributed by atoms with van der Waals surface area (Å²) in [7, 11) is 1.12. The van der Waals surface area contributed by atoms with Crippen LogP contribution in [-0.4, -0.2) is 70.0 Å². The highest BCUT2D eigenvalue weighted by atomic mass is 31.2. The minimum Gasteiger partial charge on any atom is -0.756 e. The molecule has 10 heteroatoms. The van der Waals surface area contributed by atoms with Crippen molar-refractivity contribution in [1.82, 2.24) is 0 Å². The van der Waals surface area contributed by atoms with E-state index in [9.17, 15) is 19.0 Å². The summed E-state index contributed by atoms with van der Waals surface area (Å²) in [4.78, 5) is 37.9. The first-order chi connectivity index (χ1) is 38.0. The van der Waals surface area contributed by atoms with Gasteiger partial charge in [0, 0.05) is 12.8 Å². The number of carbonyl (C=O) groups is 2. The van der Waals surface area contributed by atoms with E-state index in [2.05, 4.69) is 172 Å². The second-order valence-corrected chi connectivity index (χ2v) is 22.0. The van der Waals surface area contributed by atoms with Gasteiger partial charge in [-0.05, 0) is 122 Å². The zero-order valence-corrected chi connectivity index (χ0v) is 50.7. The van der Waals surface area contributed by atoms with Crippen LogP contribution in [-0.2, 0) is 32.7 Å². The van der Waals surface area contributed by atoms with E-state index in [0.717, 1.165) is 141 Å². The molecule has 0 N–H and O–H groups in total. The Labute approximate surface area is 477 Å². The van der Waals surface area contributed by atoms with Crippen molar-refractivity contribution in [1.29, 1.82) is 0 Å². The predicted octanol–water partition coefficient (Wildman–Crippen LogP) is 18.6. The number of quaternary nitrogens is 1. The van der Waals surface area contributed by atoms with E-state index in [1.165, 1.54) is 25.7 Å². The van der Waals surface area contributed by atoms with Crippen molar-refractivity contribution in [2.24, 2.45) is 0 Å². The van der Waals surface area contributed by atoms with Gasteiger partial charge in [0.1, 0.15) is 19.8 Å². The van der Waals surface area contributed by atoms with Gasteiger partial charge in [0.25, 0.3) is 7.82 Å². The zero-order chi connectivity index (χ0) is 57.0. The summed E-state index contributed by atoms with van der Waals surface area (Å²) in [6.07, 6.45) is 85.7. The Bertz CT molecular complexity index is 1870. The van der Waals surface area contributed by atoms with Gasteiger partial charge in [-0.2, -0.15) is 0 Å². The fourth-order valence-electron chi connectivity index (χ4n) is 7.46. The number of unbranched alkanes of at least 4 members (excludes halogenated alkanes) is 13. The molecule has 0 saturated heterocycles. The van der Waals surface area contributed by atoms with Crippen LogP contribution in [0.5, 0.6) is 0 Å². The first-order valence-corrected chi connectivity index (χ1v) is 31.7. The number of hydrogen-bond acceptors (Lipinski definition) is 8. The van der Waals surface area contributed by atoms with Crippen LogP contribution in [0.3, 0.4) is 0 Å². The Morgan fingerprint density at radius 2 is 0.692 bits per heavy atom. The van der Waals surface area contributed by atoms with Gasteiger partial charge in [-0.3, -0.25) is 14.2 Å². The number of rotatable bonds is 53. The Morgan fingerprint density at radius 1 is 0.397 bits per heavy atom. The van der Waals surface area contributed by atoms with Crippen LogP contribution in [0.15, 0.2) is 158 Å². The lowest BCUT2D eigenvalue weighted by Gasteiger charge is -2.28. The number of ether oxygens (including phenoxy) is 2. The molecule has 0 bridgehead atoms. The van der Waals surface area contributed by atoms with Crippen LogP contribution >= 0.6 is 7.82 Å². The van der Waals surface area contributed by atoms with Gasteiger partial charge in [0.05, 0.1) is 27.7 Å². The molecule has 0 radical (unpaired) electrons. The quantitative estimate of drug-likeness (QED) is 0.0195. The van der Waals surface area contributed by atoms with E-state index < -0.39 is 32.5 Å². The summed E-state index contributed by atoms with van der Waals surface area (Å²) in [5.41, 5.74) is 0. The maximum atomic E-state index is 12.8. The molecule has 0 amide bonds. The number of likely N-dealkylation sites (N-methyl/N-ethyl adjacent to an activating group) is 1. The first kappa shape index (κ1) is 73.6. The van der Waals surface area contributed by atoms with Gasteiger partial charge in [0.15, 0.2) is 6.10 Å². The van der Waals surface area contributed by atoms with Crippen LogP contribution in [0.2, 0.25) is 0 Å². The van der Waals surface area contributed by atoms with E-state index in [4.69, 9.17) is 18.5 Å². The number of allylic oxidation sites excluding steroid dienone is 26. The first-order valence-electron chi connectivity index (χ1n) is 30.2. The highest BCUT2D eigenvalue weighted by molar-refractivity contribution is 7.45. The summed E-state index contributed by atoms with van der Waals surface area (Å²) in [6.45, 7) is 3.95. The van der Waals surface area contributed by atoms with Crippen molar-refractivity contribution >= 4 is 19.8 Å². The largest absolute Gasteiger partial charge is 0.756 e. The van der Waals surface area contributed by atoms with Crippen LogP contribution in [0.25, 0.3) is 0 Å². The minimum atomic E-state index is -4.66. The molecular formula is C68H110NO8P. The Kier molecular flexibility index (Phi) is 54.1. The molecule has 0 aliphatic rings. The van der Waals surface area contributed by atoms with Crippen molar-refractivity contribution in [3.63, 3.8) is 0 Å². The molecule has 0 aromatic heterocycles. The summed E-state index contributed by atoms with van der Waals surface area (Å²) >= 11 is 0. The number of phosphoric acid groups is 1. The molecule has 78 heavy (non-hydrogen) atoms.